The number of hydrogen-bond acceptors (Lipinski definition) is 4. The molecule has 0 bridgehead atoms. The maximum atomic E-state index is 11.9. The van der Waals surface area contributed by atoms with Crippen LogP contribution in [0.5, 0.6) is 0 Å². The van der Waals surface area contributed by atoms with Crippen molar-refractivity contribution in [2.75, 3.05) is 18.8 Å². The fourth-order valence-electron chi connectivity index (χ4n) is 1.87. The summed E-state index contributed by atoms with van der Waals surface area (Å²) in [6.45, 7) is 7.61. The highest BCUT2D eigenvalue weighted by molar-refractivity contribution is 7.89. The third-order valence-electron chi connectivity index (χ3n) is 2.70. The molecule has 0 fully saturated rings. The van der Waals surface area contributed by atoms with Crippen molar-refractivity contribution in [2.24, 2.45) is 0 Å². The summed E-state index contributed by atoms with van der Waals surface area (Å²) in [6, 6.07) is 4.08. The van der Waals surface area contributed by atoms with Crippen LogP contribution >= 0.6 is 11.3 Å². The van der Waals surface area contributed by atoms with Gasteiger partial charge in [0.2, 0.25) is 10.0 Å². The van der Waals surface area contributed by atoms with Crippen LogP contribution in [0.4, 0.5) is 0 Å². The normalized spacial score (nSPS) is 13.6. The van der Waals surface area contributed by atoms with Crippen molar-refractivity contribution < 1.29 is 8.42 Å². The summed E-state index contributed by atoms with van der Waals surface area (Å²) in [5, 5.41) is 3.13. The highest BCUT2D eigenvalue weighted by Crippen LogP contribution is 2.16. The average Bonchev–Trinajstić information content (AvgIpc) is 2.69. The number of nitrogens with one attached hydrogen (secondary N) is 2. The Hall–Kier alpha value is -0.430. The predicted octanol–water partition coefficient (Wildman–Crippen LogP) is 1.91. The van der Waals surface area contributed by atoms with Crippen LogP contribution in [-0.4, -0.2) is 33.3 Å². The molecule has 0 amide bonds. The molecule has 2 N–H and O–H groups in total. The third kappa shape index (κ3) is 7.06. The number of thiophene rings is 1. The van der Waals surface area contributed by atoms with E-state index in [0.717, 1.165) is 19.5 Å². The van der Waals surface area contributed by atoms with E-state index in [4.69, 9.17) is 0 Å². The zero-order valence-corrected chi connectivity index (χ0v) is 13.5. The Bertz CT molecular complexity index is 469. The predicted molar refractivity (Wildman–Crippen MR) is 82.3 cm³/mol. The number of aryl methyl sites for hydroxylation is 1. The topological polar surface area (TPSA) is 58.2 Å². The Morgan fingerprint density at radius 2 is 2.11 bits per heavy atom. The lowest BCUT2D eigenvalue weighted by Crippen LogP contribution is -2.36. The Balaban J connectivity index is 2.35. The Morgan fingerprint density at radius 1 is 1.37 bits per heavy atom. The molecular weight excluding hydrogens is 280 g/mol. The second-order valence-electron chi connectivity index (χ2n) is 4.76. The van der Waals surface area contributed by atoms with Gasteiger partial charge in [0.25, 0.3) is 0 Å². The molecule has 0 aliphatic carbocycles. The maximum absolute atomic E-state index is 11.9. The van der Waals surface area contributed by atoms with Crippen molar-refractivity contribution in [1.29, 1.82) is 0 Å². The molecule has 1 atom stereocenters. The average molecular weight is 304 g/mol. The summed E-state index contributed by atoms with van der Waals surface area (Å²) in [5.41, 5.74) is 0. The maximum Gasteiger partial charge on any atom is 0.211 e. The molecule has 110 valence electrons. The van der Waals surface area contributed by atoms with E-state index in [1.807, 2.05) is 13.8 Å². The van der Waals surface area contributed by atoms with Gasteiger partial charge in [-0.1, -0.05) is 6.92 Å². The van der Waals surface area contributed by atoms with Gasteiger partial charge in [-0.05, 0) is 51.9 Å². The zero-order chi connectivity index (χ0) is 14.3. The lowest BCUT2D eigenvalue weighted by Gasteiger charge is -2.13. The molecule has 0 radical (unpaired) electrons. The SMILES string of the molecule is CCNCCCS(=O)(=O)NC(C)Cc1ccc(C)s1. The summed E-state index contributed by atoms with van der Waals surface area (Å²) in [5.74, 6) is 0.188. The van der Waals surface area contributed by atoms with Crippen molar-refractivity contribution in [1.82, 2.24) is 10.0 Å². The smallest absolute Gasteiger partial charge is 0.211 e. The first-order valence-corrected chi connectivity index (χ1v) is 9.16. The second-order valence-corrected chi connectivity index (χ2v) is 8.01. The molecule has 1 aromatic heterocycles. The zero-order valence-electron chi connectivity index (χ0n) is 11.9. The van der Waals surface area contributed by atoms with Gasteiger partial charge < -0.3 is 5.32 Å². The molecule has 0 saturated carbocycles. The molecule has 1 aromatic rings. The molecule has 6 heteroatoms. The van der Waals surface area contributed by atoms with Crippen molar-refractivity contribution in [3.8, 4) is 0 Å². The molecule has 19 heavy (non-hydrogen) atoms. The standard InChI is InChI=1S/C13H24N2O2S2/c1-4-14-8-5-9-19(16,17)15-11(2)10-13-7-6-12(3)18-13/h6-7,11,14-15H,4-5,8-10H2,1-3H3. The molecule has 0 aliphatic rings. The molecule has 4 nitrogen and oxygen atoms in total. The van der Waals surface area contributed by atoms with Gasteiger partial charge >= 0.3 is 0 Å². The van der Waals surface area contributed by atoms with Gasteiger partial charge in [0, 0.05) is 15.8 Å². The number of rotatable bonds is 9. The van der Waals surface area contributed by atoms with Gasteiger partial charge in [-0.15, -0.1) is 11.3 Å². The van der Waals surface area contributed by atoms with Gasteiger partial charge in [-0.25, -0.2) is 13.1 Å². The van der Waals surface area contributed by atoms with Gasteiger partial charge in [-0.3, -0.25) is 0 Å². The quantitative estimate of drug-likeness (QED) is 0.685. The van der Waals surface area contributed by atoms with E-state index in [1.165, 1.54) is 9.75 Å². The van der Waals surface area contributed by atoms with E-state index in [9.17, 15) is 8.42 Å². The fraction of sp³-hybridized carbons (Fsp3) is 0.692. The van der Waals surface area contributed by atoms with Crippen LogP contribution in [-0.2, 0) is 16.4 Å². The molecule has 1 heterocycles. The second kappa shape index (κ2) is 7.99. The largest absolute Gasteiger partial charge is 0.317 e. The van der Waals surface area contributed by atoms with Crippen LogP contribution in [0, 0.1) is 6.92 Å². The van der Waals surface area contributed by atoms with E-state index in [2.05, 4.69) is 29.1 Å². The summed E-state index contributed by atoms with van der Waals surface area (Å²) in [4.78, 5) is 2.48. The molecule has 0 saturated heterocycles. The fourth-order valence-corrected chi connectivity index (χ4v) is 4.23. The van der Waals surface area contributed by atoms with E-state index < -0.39 is 10.0 Å². The Labute approximate surface area is 120 Å². The Morgan fingerprint density at radius 3 is 2.68 bits per heavy atom. The summed E-state index contributed by atoms with van der Waals surface area (Å²) < 4.78 is 26.5. The number of hydrogen-bond donors (Lipinski definition) is 2. The number of sulfonamides is 1. The van der Waals surface area contributed by atoms with E-state index in [-0.39, 0.29) is 11.8 Å². The highest BCUT2D eigenvalue weighted by Gasteiger charge is 2.14. The minimum absolute atomic E-state index is 0.0535. The molecular formula is C13H24N2O2S2. The van der Waals surface area contributed by atoms with Crippen LogP contribution in [0.15, 0.2) is 12.1 Å². The van der Waals surface area contributed by atoms with Crippen LogP contribution < -0.4 is 10.0 Å². The van der Waals surface area contributed by atoms with Crippen LogP contribution in [0.2, 0.25) is 0 Å². The summed E-state index contributed by atoms with van der Waals surface area (Å²) in [6.07, 6.45) is 1.40. The lowest BCUT2D eigenvalue weighted by atomic mass is 10.2. The van der Waals surface area contributed by atoms with Gasteiger partial charge in [0.05, 0.1) is 5.75 Å². The van der Waals surface area contributed by atoms with Crippen molar-refractivity contribution in [3.05, 3.63) is 21.9 Å². The summed E-state index contributed by atoms with van der Waals surface area (Å²) >= 11 is 1.72. The van der Waals surface area contributed by atoms with Crippen molar-refractivity contribution in [3.63, 3.8) is 0 Å². The van der Waals surface area contributed by atoms with E-state index in [0.29, 0.717) is 6.42 Å². The Kier molecular flexibility index (Phi) is 6.99. The highest BCUT2D eigenvalue weighted by atomic mass is 32.2. The molecule has 0 spiro atoms. The third-order valence-corrected chi connectivity index (χ3v) is 5.31. The van der Waals surface area contributed by atoms with Crippen LogP contribution in [0.25, 0.3) is 0 Å². The van der Waals surface area contributed by atoms with Gasteiger partial charge in [-0.2, -0.15) is 0 Å². The first kappa shape index (κ1) is 16.6. The van der Waals surface area contributed by atoms with Crippen LogP contribution in [0.3, 0.4) is 0 Å². The van der Waals surface area contributed by atoms with E-state index >= 15 is 0 Å². The minimum Gasteiger partial charge on any atom is -0.317 e. The molecule has 1 rings (SSSR count). The van der Waals surface area contributed by atoms with Crippen molar-refractivity contribution >= 4 is 21.4 Å². The van der Waals surface area contributed by atoms with E-state index in [1.54, 1.807) is 11.3 Å². The minimum atomic E-state index is -3.16. The molecule has 0 aromatic carbocycles. The van der Waals surface area contributed by atoms with Crippen molar-refractivity contribution in [2.45, 2.75) is 39.7 Å². The summed E-state index contributed by atoms with van der Waals surface area (Å²) in [7, 11) is -3.16. The van der Waals surface area contributed by atoms with Crippen LogP contribution in [0.1, 0.15) is 30.0 Å². The molecule has 0 aliphatic heterocycles. The van der Waals surface area contributed by atoms with Gasteiger partial charge in [0.1, 0.15) is 0 Å². The lowest BCUT2D eigenvalue weighted by molar-refractivity contribution is 0.556. The first-order chi connectivity index (χ1) is 8.93. The first-order valence-electron chi connectivity index (χ1n) is 6.69. The van der Waals surface area contributed by atoms with Gasteiger partial charge in [0.15, 0.2) is 0 Å². The monoisotopic (exact) mass is 304 g/mol. The molecule has 1 unspecified atom stereocenters.